The lowest BCUT2D eigenvalue weighted by Crippen LogP contribution is -1.84. The molecular weight excluding hydrogens is 269 g/mol. The second-order valence-electron chi connectivity index (χ2n) is 2.23. The zero-order valence-corrected chi connectivity index (χ0v) is 8.98. The number of aryl methyl sites for hydroxylation is 1. The van der Waals surface area contributed by atoms with Crippen LogP contribution in [0.2, 0.25) is 0 Å². The predicted molar refractivity (Wildman–Crippen MR) is 55.9 cm³/mol. The van der Waals surface area contributed by atoms with E-state index in [1.807, 2.05) is 13.0 Å². The van der Waals surface area contributed by atoms with Gasteiger partial charge in [0.1, 0.15) is 6.07 Å². The van der Waals surface area contributed by atoms with Crippen LogP contribution in [0.3, 0.4) is 0 Å². The molecule has 0 unspecified atom stereocenters. The molecule has 0 bridgehead atoms. The molecule has 0 spiro atoms. The van der Waals surface area contributed by atoms with Gasteiger partial charge in [0.2, 0.25) is 0 Å². The number of benzene rings is 1. The third-order valence-corrected chi connectivity index (χ3v) is 2.78. The Morgan fingerprint density at radius 3 is 2.73 bits per heavy atom. The minimum Gasteiger partial charge on any atom is -0.192 e. The van der Waals surface area contributed by atoms with Crippen molar-refractivity contribution in [2.75, 3.05) is 0 Å². The maximum Gasteiger partial charge on any atom is 0.100 e. The summed E-state index contributed by atoms with van der Waals surface area (Å²) in [5.74, 6) is 0. The predicted octanol–water partition coefficient (Wildman–Crippen LogP) is 2.76. The molecule has 0 atom stereocenters. The molecule has 1 aromatic carbocycles. The Hall–Kier alpha value is -0.210. The van der Waals surface area contributed by atoms with Crippen molar-refractivity contribution in [1.29, 1.82) is 5.26 Å². The van der Waals surface area contributed by atoms with Gasteiger partial charge < -0.3 is 0 Å². The largest absolute Gasteiger partial charge is 0.192 e. The monoisotopic (exact) mass is 275 g/mol. The number of nitriles is 1. The van der Waals surface area contributed by atoms with Gasteiger partial charge in [-0.1, -0.05) is 0 Å². The Kier molecular flexibility index (Phi) is 2.79. The van der Waals surface area contributed by atoms with Crippen LogP contribution < -0.4 is 0 Å². The van der Waals surface area contributed by atoms with Gasteiger partial charge in [-0.15, -0.1) is 12.6 Å². The van der Waals surface area contributed by atoms with Crippen LogP contribution in [0.5, 0.6) is 0 Å². The van der Waals surface area contributed by atoms with E-state index in [9.17, 15) is 0 Å². The molecule has 0 aliphatic heterocycles. The summed E-state index contributed by atoms with van der Waals surface area (Å²) >= 11 is 6.36. The van der Waals surface area contributed by atoms with E-state index in [1.165, 1.54) is 0 Å². The highest BCUT2D eigenvalue weighted by Gasteiger charge is 2.01. The first-order chi connectivity index (χ1) is 5.15. The molecule has 3 heteroatoms. The van der Waals surface area contributed by atoms with Crippen LogP contribution in [0, 0.1) is 21.8 Å². The molecule has 0 aromatic heterocycles. The lowest BCUT2D eigenvalue weighted by Gasteiger charge is -2.00. The molecule has 11 heavy (non-hydrogen) atoms. The molecule has 0 N–H and O–H groups in total. The minimum atomic E-state index is 0.696. The van der Waals surface area contributed by atoms with Crippen LogP contribution in [-0.2, 0) is 0 Å². The van der Waals surface area contributed by atoms with Crippen LogP contribution in [0.15, 0.2) is 17.0 Å². The molecule has 0 radical (unpaired) electrons. The standard InChI is InChI=1S/C8H6INS/c1-5-2-7(9)6(4-10)3-8(5)11/h2-3,11H,1H3. The van der Waals surface area contributed by atoms with Crippen molar-refractivity contribution >= 4 is 35.2 Å². The van der Waals surface area contributed by atoms with Gasteiger partial charge in [-0.2, -0.15) is 5.26 Å². The fraction of sp³-hybridized carbons (Fsp3) is 0.125. The van der Waals surface area contributed by atoms with Gasteiger partial charge >= 0.3 is 0 Å². The summed E-state index contributed by atoms with van der Waals surface area (Å²) in [6.45, 7) is 1.98. The van der Waals surface area contributed by atoms with Gasteiger partial charge in [0.25, 0.3) is 0 Å². The van der Waals surface area contributed by atoms with Gasteiger partial charge in [0, 0.05) is 8.47 Å². The molecule has 0 heterocycles. The quantitative estimate of drug-likeness (QED) is 0.571. The number of halogens is 1. The molecule has 1 nitrogen and oxygen atoms in total. The van der Waals surface area contributed by atoms with Crippen LogP contribution in [0.1, 0.15) is 11.1 Å². The van der Waals surface area contributed by atoms with E-state index >= 15 is 0 Å². The number of rotatable bonds is 0. The van der Waals surface area contributed by atoms with E-state index in [2.05, 4.69) is 41.3 Å². The summed E-state index contributed by atoms with van der Waals surface area (Å²) in [5, 5.41) is 8.65. The van der Waals surface area contributed by atoms with Gasteiger partial charge in [-0.05, 0) is 47.2 Å². The zero-order chi connectivity index (χ0) is 8.43. The Bertz CT molecular complexity index is 328. The molecular formula is C8H6INS. The molecule has 1 aromatic rings. The second kappa shape index (κ2) is 3.46. The van der Waals surface area contributed by atoms with Gasteiger partial charge in [0.05, 0.1) is 5.56 Å². The highest BCUT2D eigenvalue weighted by molar-refractivity contribution is 14.1. The first-order valence-electron chi connectivity index (χ1n) is 3.04. The topological polar surface area (TPSA) is 23.8 Å². The lowest BCUT2D eigenvalue weighted by atomic mass is 10.2. The van der Waals surface area contributed by atoms with Crippen molar-refractivity contribution in [2.45, 2.75) is 11.8 Å². The first kappa shape index (κ1) is 8.88. The Morgan fingerprint density at radius 1 is 1.55 bits per heavy atom. The van der Waals surface area contributed by atoms with Gasteiger partial charge in [-0.25, -0.2) is 0 Å². The smallest absolute Gasteiger partial charge is 0.100 e. The lowest BCUT2D eigenvalue weighted by molar-refractivity contribution is 1.28. The van der Waals surface area contributed by atoms with E-state index in [1.54, 1.807) is 6.07 Å². The summed E-state index contributed by atoms with van der Waals surface area (Å²) < 4.78 is 0.986. The molecule has 56 valence electrons. The first-order valence-corrected chi connectivity index (χ1v) is 4.57. The van der Waals surface area contributed by atoms with Crippen molar-refractivity contribution in [1.82, 2.24) is 0 Å². The maximum atomic E-state index is 8.65. The fourth-order valence-corrected chi connectivity index (χ4v) is 1.68. The Labute approximate surface area is 85.0 Å². The summed E-state index contributed by atoms with van der Waals surface area (Å²) in [6.07, 6.45) is 0. The SMILES string of the molecule is Cc1cc(I)c(C#N)cc1S. The molecule has 0 saturated carbocycles. The zero-order valence-electron chi connectivity index (χ0n) is 5.93. The van der Waals surface area contributed by atoms with Crippen LogP contribution in [0.25, 0.3) is 0 Å². The Morgan fingerprint density at radius 2 is 2.18 bits per heavy atom. The van der Waals surface area contributed by atoms with Crippen molar-refractivity contribution in [3.05, 3.63) is 26.8 Å². The van der Waals surface area contributed by atoms with Crippen LogP contribution >= 0.6 is 35.2 Å². The van der Waals surface area contributed by atoms with E-state index in [4.69, 9.17) is 5.26 Å². The molecule has 0 fully saturated rings. The Balaban J connectivity index is 3.35. The summed E-state index contributed by atoms with van der Waals surface area (Å²) in [5.41, 5.74) is 1.80. The third-order valence-electron chi connectivity index (χ3n) is 1.41. The summed E-state index contributed by atoms with van der Waals surface area (Å²) in [4.78, 5) is 0.877. The van der Waals surface area contributed by atoms with E-state index in [-0.39, 0.29) is 0 Å². The van der Waals surface area contributed by atoms with E-state index < -0.39 is 0 Å². The number of nitrogens with zero attached hydrogens (tertiary/aromatic N) is 1. The summed E-state index contributed by atoms with van der Waals surface area (Å²) in [7, 11) is 0. The highest BCUT2D eigenvalue weighted by Crippen LogP contribution is 2.20. The molecule has 0 amide bonds. The normalized spacial score (nSPS) is 9.27. The van der Waals surface area contributed by atoms with E-state index in [0.717, 1.165) is 14.0 Å². The third kappa shape index (κ3) is 1.88. The molecule has 0 aliphatic rings. The van der Waals surface area contributed by atoms with Crippen molar-refractivity contribution < 1.29 is 0 Å². The van der Waals surface area contributed by atoms with Crippen molar-refractivity contribution in [2.24, 2.45) is 0 Å². The van der Waals surface area contributed by atoms with Crippen molar-refractivity contribution in [3.63, 3.8) is 0 Å². The average Bonchev–Trinajstić information content (AvgIpc) is 1.97. The number of hydrogen-bond donors (Lipinski definition) is 1. The highest BCUT2D eigenvalue weighted by atomic mass is 127. The number of thiol groups is 1. The minimum absolute atomic E-state index is 0.696. The maximum absolute atomic E-state index is 8.65. The van der Waals surface area contributed by atoms with Gasteiger partial charge in [0.15, 0.2) is 0 Å². The van der Waals surface area contributed by atoms with Crippen LogP contribution in [0.4, 0.5) is 0 Å². The molecule has 1 rings (SSSR count). The second-order valence-corrected chi connectivity index (χ2v) is 3.87. The average molecular weight is 275 g/mol. The molecule has 0 aliphatic carbocycles. The number of hydrogen-bond acceptors (Lipinski definition) is 2. The van der Waals surface area contributed by atoms with Crippen LogP contribution in [-0.4, -0.2) is 0 Å². The van der Waals surface area contributed by atoms with Crippen molar-refractivity contribution in [3.8, 4) is 6.07 Å². The van der Waals surface area contributed by atoms with E-state index in [0.29, 0.717) is 5.56 Å². The molecule has 0 saturated heterocycles. The fourth-order valence-electron chi connectivity index (χ4n) is 0.747. The van der Waals surface area contributed by atoms with Gasteiger partial charge in [-0.3, -0.25) is 0 Å². The summed E-state index contributed by atoms with van der Waals surface area (Å²) in [6, 6.07) is 5.86.